The van der Waals surface area contributed by atoms with Crippen molar-refractivity contribution in [2.75, 3.05) is 0 Å². The molecule has 0 saturated carbocycles. The maximum Gasteiger partial charge on any atom is 0.183 e. The minimum atomic E-state index is -0.00343. The highest BCUT2D eigenvalue weighted by molar-refractivity contribution is 7.99. The molecule has 1 heterocycles. The van der Waals surface area contributed by atoms with Crippen molar-refractivity contribution in [3.8, 4) is 0 Å². The molecule has 0 saturated heterocycles. The number of hydrogen-bond acceptors (Lipinski definition) is 4. The molecule has 16 heavy (non-hydrogen) atoms. The predicted molar refractivity (Wildman–Crippen MR) is 65.1 cm³/mol. The molecule has 2 unspecified atom stereocenters. The smallest absolute Gasteiger partial charge is 0.183 e. The lowest BCUT2D eigenvalue weighted by Gasteiger charge is -2.18. The third kappa shape index (κ3) is 2.62. The van der Waals surface area contributed by atoms with E-state index in [2.05, 4.69) is 22.1 Å². The van der Waals surface area contributed by atoms with Crippen LogP contribution in [0.15, 0.2) is 41.8 Å². The van der Waals surface area contributed by atoms with Crippen molar-refractivity contribution >= 4 is 11.8 Å². The number of nitrogens with two attached hydrogens (primary N) is 1. The molecule has 0 amide bonds. The summed E-state index contributed by atoms with van der Waals surface area (Å²) in [5.41, 5.74) is 7.31. The molecule has 1 aromatic heterocycles. The Morgan fingerprint density at radius 3 is 2.69 bits per heavy atom. The lowest BCUT2D eigenvalue weighted by molar-refractivity contribution is 0.712. The zero-order chi connectivity index (χ0) is 11.4. The van der Waals surface area contributed by atoms with Gasteiger partial charge in [-0.25, -0.2) is 4.98 Å². The maximum atomic E-state index is 6.17. The van der Waals surface area contributed by atoms with Gasteiger partial charge >= 0.3 is 0 Å². The Balaban J connectivity index is 2.02. The van der Waals surface area contributed by atoms with E-state index < -0.39 is 0 Å². The predicted octanol–water partition coefficient (Wildman–Crippen LogP) is 1.99. The molecule has 0 bridgehead atoms. The van der Waals surface area contributed by atoms with Crippen LogP contribution < -0.4 is 5.73 Å². The first-order valence-corrected chi connectivity index (χ1v) is 5.98. The van der Waals surface area contributed by atoms with E-state index in [0.29, 0.717) is 0 Å². The Hall–Kier alpha value is -1.33. The van der Waals surface area contributed by atoms with Crippen LogP contribution in [0.1, 0.15) is 18.5 Å². The second-order valence-electron chi connectivity index (χ2n) is 3.55. The van der Waals surface area contributed by atoms with Crippen molar-refractivity contribution in [3.63, 3.8) is 0 Å². The van der Waals surface area contributed by atoms with Gasteiger partial charge in [-0.15, -0.1) is 0 Å². The van der Waals surface area contributed by atoms with Crippen LogP contribution in [0.5, 0.6) is 0 Å². The summed E-state index contributed by atoms with van der Waals surface area (Å²) in [6.07, 6.45) is 1.50. The van der Waals surface area contributed by atoms with E-state index in [-0.39, 0.29) is 11.3 Å². The molecule has 0 radical (unpaired) electrons. The standard InChI is InChI=1S/C11H14N4S/c1-8(16-11-13-7-14-15-11)10(12)9-5-3-2-4-6-9/h2-8,10H,12H2,1H3,(H,13,14,15). The zero-order valence-corrected chi connectivity index (χ0v) is 9.82. The fourth-order valence-electron chi connectivity index (χ4n) is 1.45. The summed E-state index contributed by atoms with van der Waals surface area (Å²) in [5, 5.41) is 7.68. The van der Waals surface area contributed by atoms with E-state index >= 15 is 0 Å². The molecule has 0 aliphatic rings. The largest absolute Gasteiger partial charge is 0.323 e. The van der Waals surface area contributed by atoms with E-state index in [1.807, 2.05) is 30.3 Å². The molecule has 0 aliphatic heterocycles. The van der Waals surface area contributed by atoms with Crippen LogP contribution in [0, 0.1) is 0 Å². The third-order valence-electron chi connectivity index (χ3n) is 2.38. The zero-order valence-electron chi connectivity index (χ0n) is 9.00. The number of benzene rings is 1. The summed E-state index contributed by atoms with van der Waals surface area (Å²) in [5.74, 6) is 0. The van der Waals surface area contributed by atoms with Gasteiger partial charge in [0, 0.05) is 11.3 Å². The molecule has 84 valence electrons. The monoisotopic (exact) mass is 234 g/mol. The molecular formula is C11H14N4S. The van der Waals surface area contributed by atoms with Crippen LogP contribution in [0.2, 0.25) is 0 Å². The van der Waals surface area contributed by atoms with Gasteiger partial charge in [-0.05, 0) is 5.56 Å². The van der Waals surface area contributed by atoms with Crippen molar-refractivity contribution in [2.45, 2.75) is 23.4 Å². The van der Waals surface area contributed by atoms with Crippen molar-refractivity contribution in [1.82, 2.24) is 15.2 Å². The number of hydrogen-bond donors (Lipinski definition) is 2. The van der Waals surface area contributed by atoms with Gasteiger partial charge in [-0.1, -0.05) is 49.0 Å². The first-order valence-electron chi connectivity index (χ1n) is 5.10. The third-order valence-corrected chi connectivity index (χ3v) is 3.47. The molecule has 0 spiro atoms. The summed E-state index contributed by atoms with van der Waals surface area (Å²) >= 11 is 1.60. The number of rotatable bonds is 4. The van der Waals surface area contributed by atoms with Crippen LogP contribution in [0.4, 0.5) is 0 Å². The lowest BCUT2D eigenvalue weighted by Crippen LogP contribution is -2.21. The van der Waals surface area contributed by atoms with Crippen LogP contribution in [-0.4, -0.2) is 20.4 Å². The van der Waals surface area contributed by atoms with Gasteiger partial charge in [-0.3, -0.25) is 5.10 Å². The number of aromatic amines is 1. The summed E-state index contributed by atoms with van der Waals surface area (Å²) < 4.78 is 0. The summed E-state index contributed by atoms with van der Waals surface area (Å²) in [4.78, 5) is 4.07. The number of nitrogens with one attached hydrogen (secondary N) is 1. The maximum absolute atomic E-state index is 6.17. The Labute approximate surface area is 98.7 Å². The molecule has 4 nitrogen and oxygen atoms in total. The number of H-pyrrole nitrogens is 1. The first-order chi connectivity index (χ1) is 7.77. The van der Waals surface area contributed by atoms with Crippen LogP contribution in [-0.2, 0) is 0 Å². The van der Waals surface area contributed by atoms with E-state index in [4.69, 9.17) is 5.73 Å². The molecule has 2 aromatic rings. The van der Waals surface area contributed by atoms with E-state index in [9.17, 15) is 0 Å². The number of thioether (sulfide) groups is 1. The molecule has 2 atom stereocenters. The van der Waals surface area contributed by atoms with Gasteiger partial charge < -0.3 is 5.73 Å². The van der Waals surface area contributed by atoms with Gasteiger partial charge in [0.15, 0.2) is 5.16 Å². The average Bonchev–Trinajstić information content (AvgIpc) is 2.82. The average molecular weight is 234 g/mol. The lowest BCUT2D eigenvalue weighted by atomic mass is 10.1. The highest BCUT2D eigenvalue weighted by Gasteiger charge is 2.16. The van der Waals surface area contributed by atoms with Gasteiger partial charge in [0.2, 0.25) is 0 Å². The highest BCUT2D eigenvalue weighted by Crippen LogP contribution is 2.27. The van der Waals surface area contributed by atoms with Gasteiger partial charge in [0.25, 0.3) is 0 Å². The van der Waals surface area contributed by atoms with E-state index in [1.165, 1.54) is 6.33 Å². The second-order valence-corrected chi connectivity index (χ2v) is 4.92. The fraction of sp³-hybridized carbons (Fsp3) is 0.273. The fourth-order valence-corrected chi connectivity index (χ4v) is 2.32. The topological polar surface area (TPSA) is 67.6 Å². The normalized spacial score (nSPS) is 14.6. The second kappa shape index (κ2) is 5.14. The van der Waals surface area contributed by atoms with Crippen molar-refractivity contribution < 1.29 is 0 Å². The molecule has 0 aliphatic carbocycles. The van der Waals surface area contributed by atoms with Crippen LogP contribution in [0.3, 0.4) is 0 Å². The van der Waals surface area contributed by atoms with Crippen LogP contribution >= 0.6 is 11.8 Å². The van der Waals surface area contributed by atoms with Crippen molar-refractivity contribution in [3.05, 3.63) is 42.2 Å². The minimum Gasteiger partial charge on any atom is -0.323 e. The minimum absolute atomic E-state index is 0.00343. The summed E-state index contributed by atoms with van der Waals surface area (Å²) in [7, 11) is 0. The molecule has 2 rings (SSSR count). The Morgan fingerprint density at radius 1 is 1.31 bits per heavy atom. The molecule has 1 aromatic carbocycles. The van der Waals surface area contributed by atoms with Gasteiger partial charge in [-0.2, -0.15) is 5.10 Å². The summed E-state index contributed by atoms with van der Waals surface area (Å²) in [6.45, 7) is 2.09. The molecule has 3 N–H and O–H groups in total. The molecular weight excluding hydrogens is 220 g/mol. The first kappa shape index (κ1) is 11.2. The van der Waals surface area contributed by atoms with Gasteiger partial charge in [0.05, 0.1) is 0 Å². The number of nitrogens with zero attached hydrogens (tertiary/aromatic N) is 2. The summed E-state index contributed by atoms with van der Waals surface area (Å²) in [6, 6.07) is 10.1. The van der Waals surface area contributed by atoms with Gasteiger partial charge in [0.1, 0.15) is 6.33 Å². The molecule has 0 fully saturated rings. The Kier molecular flexibility index (Phi) is 3.58. The number of aromatic nitrogens is 3. The SMILES string of the molecule is CC(Sc1ncn[nH]1)C(N)c1ccccc1. The van der Waals surface area contributed by atoms with Crippen molar-refractivity contribution in [1.29, 1.82) is 0 Å². The van der Waals surface area contributed by atoms with E-state index in [1.54, 1.807) is 11.8 Å². The molecule has 5 heteroatoms. The van der Waals surface area contributed by atoms with Crippen LogP contribution in [0.25, 0.3) is 0 Å². The Bertz CT molecular complexity index is 415. The van der Waals surface area contributed by atoms with Crippen molar-refractivity contribution in [2.24, 2.45) is 5.73 Å². The van der Waals surface area contributed by atoms with E-state index in [0.717, 1.165) is 10.7 Å². The Morgan fingerprint density at radius 2 is 2.06 bits per heavy atom. The highest BCUT2D eigenvalue weighted by atomic mass is 32.2. The quantitative estimate of drug-likeness (QED) is 0.794.